The van der Waals surface area contributed by atoms with Gasteiger partial charge in [0.05, 0.1) is 38.0 Å². The highest BCUT2D eigenvalue weighted by molar-refractivity contribution is 6.40. The van der Waals surface area contributed by atoms with E-state index in [1.165, 1.54) is 40.4 Å². The van der Waals surface area contributed by atoms with Crippen molar-refractivity contribution in [2.75, 3.05) is 26.8 Å². The van der Waals surface area contributed by atoms with E-state index in [0.717, 1.165) is 0 Å². The normalized spacial score (nSPS) is 14.8. The number of methoxy groups -OCH3 is 3. The predicted octanol–water partition coefficient (Wildman–Crippen LogP) is 4.22. The standard InChI is InChI=1S/C29H23NO9/c1-9-6-11-17-22-18(27(34)26(11)30-36)12(32)7-14(37-3)20(22)21-15(38-4)8-13(33)19-24(21)23(17)25(16(9)10(2)31)29(39-5)28(19)35/h6-8,16,30,34-36H,1-5H3. The third-order valence-electron chi connectivity index (χ3n) is 7.77. The Labute approximate surface area is 219 Å². The molecule has 0 aromatic heterocycles. The summed E-state index contributed by atoms with van der Waals surface area (Å²) in [4.78, 5) is 40.1. The molecule has 1 unspecified atom stereocenters. The summed E-state index contributed by atoms with van der Waals surface area (Å²) < 4.78 is 16.9. The van der Waals surface area contributed by atoms with Gasteiger partial charge in [-0.1, -0.05) is 11.6 Å². The minimum Gasteiger partial charge on any atom is -0.505 e. The number of carbonyl (C=O) groups is 1. The number of ether oxygens (including phenoxy) is 3. The molecule has 0 amide bonds. The fourth-order valence-corrected chi connectivity index (χ4v) is 6.38. The van der Waals surface area contributed by atoms with Crippen LogP contribution in [0.2, 0.25) is 0 Å². The number of rotatable bonds is 5. The summed E-state index contributed by atoms with van der Waals surface area (Å²) in [6, 6.07) is 2.42. The van der Waals surface area contributed by atoms with E-state index >= 15 is 0 Å². The number of allylic oxidation sites excluding steroid dienone is 1. The van der Waals surface area contributed by atoms with Crippen molar-refractivity contribution in [2.45, 2.75) is 19.8 Å². The molecule has 0 saturated carbocycles. The van der Waals surface area contributed by atoms with Crippen LogP contribution in [0.15, 0.2) is 27.3 Å². The summed E-state index contributed by atoms with van der Waals surface area (Å²) in [6.45, 7) is 3.09. The van der Waals surface area contributed by atoms with Gasteiger partial charge in [0.1, 0.15) is 23.0 Å². The van der Waals surface area contributed by atoms with Crippen molar-refractivity contribution in [3.8, 4) is 28.7 Å². The van der Waals surface area contributed by atoms with Gasteiger partial charge in [-0.3, -0.25) is 25.1 Å². The Morgan fingerprint density at radius 1 is 0.795 bits per heavy atom. The summed E-state index contributed by atoms with van der Waals surface area (Å²) >= 11 is 0. The lowest BCUT2D eigenvalue weighted by atomic mass is 9.80. The molecule has 0 spiro atoms. The summed E-state index contributed by atoms with van der Waals surface area (Å²) in [7, 11) is 4.09. The highest BCUT2D eigenvalue weighted by Crippen LogP contribution is 2.58. The zero-order valence-electron chi connectivity index (χ0n) is 21.6. The molecule has 0 fully saturated rings. The molecule has 6 rings (SSSR count). The van der Waals surface area contributed by atoms with Crippen molar-refractivity contribution in [3.63, 3.8) is 0 Å². The van der Waals surface area contributed by atoms with Crippen molar-refractivity contribution >= 4 is 60.6 Å². The summed E-state index contributed by atoms with van der Waals surface area (Å²) in [5, 5.41) is 34.7. The van der Waals surface area contributed by atoms with E-state index in [-0.39, 0.29) is 61.4 Å². The Bertz CT molecular complexity index is 2060. The quantitative estimate of drug-likeness (QED) is 0.113. The zero-order chi connectivity index (χ0) is 28.1. The second kappa shape index (κ2) is 8.08. The Morgan fingerprint density at radius 2 is 1.33 bits per heavy atom. The van der Waals surface area contributed by atoms with Crippen molar-refractivity contribution in [1.82, 2.24) is 0 Å². The number of Topliss-reactive ketones (excluding diaryl/α,β-unsaturated/α-hetero) is 1. The average Bonchev–Trinajstić information content (AvgIpc) is 3.02. The molecular formula is C29H23NO9. The number of carbonyl (C=O) groups excluding carboxylic acids is 1. The molecule has 0 bridgehead atoms. The second-order valence-electron chi connectivity index (χ2n) is 9.63. The van der Waals surface area contributed by atoms with Gasteiger partial charge in [-0.15, -0.1) is 0 Å². The molecule has 5 aromatic carbocycles. The topological polar surface area (TPSA) is 152 Å². The Balaban J connectivity index is 2.21. The number of ketones is 1. The third kappa shape index (κ3) is 2.81. The minimum absolute atomic E-state index is 0.0695. The number of nitrogens with one attached hydrogen (secondary N) is 1. The van der Waals surface area contributed by atoms with Crippen molar-refractivity contribution in [1.29, 1.82) is 0 Å². The van der Waals surface area contributed by atoms with Crippen LogP contribution < -0.4 is 30.5 Å². The maximum Gasteiger partial charge on any atom is 0.194 e. The third-order valence-corrected chi connectivity index (χ3v) is 7.77. The predicted molar refractivity (Wildman–Crippen MR) is 147 cm³/mol. The van der Waals surface area contributed by atoms with Gasteiger partial charge in [-0.2, -0.15) is 0 Å². The Hall–Kier alpha value is -4.83. The number of hydrogen-bond acceptors (Lipinski definition) is 10. The van der Waals surface area contributed by atoms with Crippen LogP contribution in [0.25, 0.3) is 49.2 Å². The maximum absolute atomic E-state index is 13.5. The van der Waals surface area contributed by atoms with Crippen LogP contribution >= 0.6 is 0 Å². The highest BCUT2D eigenvalue weighted by Gasteiger charge is 2.37. The van der Waals surface area contributed by atoms with Crippen LogP contribution in [-0.4, -0.2) is 42.5 Å². The SMILES string of the molecule is COc1c(O)c2c(=O)cc(OC)c3c4c(OC)cc(=O)c5c(O)c(NO)c6c(c(c1C(C(C)=O)C(C)=C6)c23)c54. The molecule has 5 aromatic rings. The fourth-order valence-electron chi connectivity index (χ4n) is 6.38. The zero-order valence-corrected chi connectivity index (χ0v) is 21.6. The van der Waals surface area contributed by atoms with E-state index in [0.29, 0.717) is 27.1 Å². The van der Waals surface area contributed by atoms with Gasteiger partial charge in [-0.25, -0.2) is 0 Å². The first-order chi connectivity index (χ1) is 18.6. The summed E-state index contributed by atoms with van der Waals surface area (Å²) in [5.41, 5.74) is 1.79. The molecule has 1 aliphatic carbocycles. The maximum atomic E-state index is 13.5. The van der Waals surface area contributed by atoms with Gasteiger partial charge in [0, 0.05) is 50.2 Å². The number of benzene rings is 5. The lowest BCUT2D eigenvalue weighted by molar-refractivity contribution is -0.117. The van der Waals surface area contributed by atoms with Crippen LogP contribution in [0, 0.1) is 0 Å². The first-order valence-electron chi connectivity index (χ1n) is 12.0. The fraction of sp³-hybridized carbons (Fsp3) is 0.207. The molecule has 198 valence electrons. The van der Waals surface area contributed by atoms with Crippen LogP contribution in [-0.2, 0) is 4.79 Å². The lowest BCUT2D eigenvalue weighted by Gasteiger charge is -2.25. The molecule has 4 N–H and O–H groups in total. The van der Waals surface area contributed by atoms with E-state index in [9.17, 15) is 29.8 Å². The highest BCUT2D eigenvalue weighted by atomic mass is 16.5. The number of anilines is 1. The molecule has 0 aliphatic heterocycles. The Kier molecular flexibility index (Phi) is 5.08. The minimum atomic E-state index is -0.936. The van der Waals surface area contributed by atoms with Crippen LogP contribution in [0.3, 0.4) is 0 Å². The number of phenolic OH excluding ortho intramolecular Hbond substituents is 2. The van der Waals surface area contributed by atoms with Gasteiger partial charge in [0.2, 0.25) is 0 Å². The van der Waals surface area contributed by atoms with E-state index in [1.807, 2.05) is 5.48 Å². The van der Waals surface area contributed by atoms with Gasteiger partial charge in [-0.05, 0) is 19.2 Å². The Morgan fingerprint density at radius 3 is 1.82 bits per heavy atom. The summed E-state index contributed by atoms with van der Waals surface area (Å²) in [5.74, 6) is -1.95. The first-order valence-corrected chi connectivity index (χ1v) is 12.0. The first kappa shape index (κ1) is 24.5. The van der Waals surface area contributed by atoms with Crippen LogP contribution in [0.1, 0.15) is 30.9 Å². The van der Waals surface area contributed by atoms with Gasteiger partial charge in [0.15, 0.2) is 28.1 Å². The number of aromatic hydroxyl groups is 2. The molecule has 1 aliphatic rings. The largest absolute Gasteiger partial charge is 0.505 e. The molecule has 10 nitrogen and oxygen atoms in total. The molecule has 0 radical (unpaired) electrons. The number of fused-ring (bicyclic) bond motifs is 1. The van der Waals surface area contributed by atoms with Crippen LogP contribution in [0.4, 0.5) is 5.69 Å². The molecule has 1 atom stereocenters. The van der Waals surface area contributed by atoms with Crippen molar-refractivity contribution < 1.29 is 34.4 Å². The van der Waals surface area contributed by atoms with Gasteiger partial charge >= 0.3 is 0 Å². The van der Waals surface area contributed by atoms with Gasteiger partial charge < -0.3 is 24.4 Å². The molecule has 39 heavy (non-hydrogen) atoms. The van der Waals surface area contributed by atoms with Gasteiger partial charge in [0.25, 0.3) is 0 Å². The van der Waals surface area contributed by atoms with Crippen molar-refractivity contribution in [3.05, 3.63) is 49.3 Å². The molecule has 0 saturated heterocycles. The van der Waals surface area contributed by atoms with E-state index in [1.54, 1.807) is 13.0 Å². The summed E-state index contributed by atoms with van der Waals surface area (Å²) in [6.07, 6.45) is 1.62. The van der Waals surface area contributed by atoms with Crippen LogP contribution in [0.5, 0.6) is 28.7 Å². The monoisotopic (exact) mass is 529 g/mol. The van der Waals surface area contributed by atoms with E-state index in [2.05, 4.69) is 0 Å². The van der Waals surface area contributed by atoms with Crippen molar-refractivity contribution in [2.24, 2.45) is 0 Å². The lowest BCUT2D eigenvalue weighted by Crippen LogP contribution is -2.14. The van der Waals surface area contributed by atoms with E-state index in [4.69, 9.17) is 14.2 Å². The molecule has 0 heterocycles. The average molecular weight is 530 g/mol. The number of phenols is 2. The van der Waals surface area contributed by atoms with E-state index < -0.39 is 28.3 Å². The molecule has 10 heteroatoms. The smallest absolute Gasteiger partial charge is 0.194 e. The number of hydrogen-bond donors (Lipinski definition) is 4. The molecular weight excluding hydrogens is 506 g/mol. The second-order valence-corrected chi connectivity index (χ2v) is 9.63.